The summed E-state index contributed by atoms with van der Waals surface area (Å²) in [5, 5.41) is 0. The lowest BCUT2D eigenvalue weighted by Gasteiger charge is -2.45. The SMILES string of the molecule is CN1C(=O)C(C)(Cc2ccccc2)N(C)C(=O)C1=Cc1cccnc1N. The Balaban J connectivity index is 1.98. The predicted molar refractivity (Wildman–Crippen MR) is 101 cm³/mol. The second kappa shape index (κ2) is 6.63. The zero-order valence-corrected chi connectivity index (χ0v) is 15.1. The summed E-state index contributed by atoms with van der Waals surface area (Å²) in [4.78, 5) is 33.1. The zero-order valence-electron chi connectivity index (χ0n) is 15.1. The van der Waals surface area contributed by atoms with E-state index < -0.39 is 5.54 Å². The molecule has 1 aromatic carbocycles. The van der Waals surface area contributed by atoms with Gasteiger partial charge < -0.3 is 15.5 Å². The van der Waals surface area contributed by atoms with Gasteiger partial charge in [0, 0.05) is 32.3 Å². The minimum atomic E-state index is -0.953. The Morgan fingerprint density at radius 3 is 2.46 bits per heavy atom. The van der Waals surface area contributed by atoms with Crippen LogP contribution >= 0.6 is 0 Å². The number of nitrogens with two attached hydrogens (primary N) is 1. The molecule has 1 atom stereocenters. The number of benzene rings is 1. The van der Waals surface area contributed by atoms with E-state index in [1.807, 2.05) is 30.3 Å². The quantitative estimate of drug-likeness (QED) is 0.858. The molecule has 1 aliphatic rings. The maximum Gasteiger partial charge on any atom is 0.271 e. The van der Waals surface area contributed by atoms with Gasteiger partial charge >= 0.3 is 0 Å². The fourth-order valence-corrected chi connectivity index (χ4v) is 3.20. The third kappa shape index (κ3) is 2.94. The fourth-order valence-electron chi connectivity index (χ4n) is 3.20. The van der Waals surface area contributed by atoms with E-state index in [1.54, 1.807) is 45.4 Å². The lowest BCUT2D eigenvalue weighted by atomic mass is 9.87. The van der Waals surface area contributed by atoms with Crippen molar-refractivity contribution in [3.05, 3.63) is 65.5 Å². The van der Waals surface area contributed by atoms with Gasteiger partial charge in [-0.15, -0.1) is 0 Å². The number of carbonyl (C=O) groups excluding carboxylic acids is 2. The van der Waals surface area contributed by atoms with Crippen molar-refractivity contribution in [1.82, 2.24) is 14.8 Å². The lowest BCUT2D eigenvalue weighted by molar-refractivity contribution is -0.155. The van der Waals surface area contributed by atoms with Gasteiger partial charge in [0.2, 0.25) is 0 Å². The molecule has 26 heavy (non-hydrogen) atoms. The van der Waals surface area contributed by atoms with E-state index in [0.29, 0.717) is 17.8 Å². The molecule has 1 fully saturated rings. The number of hydrogen-bond donors (Lipinski definition) is 1. The van der Waals surface area contributed by atoms with Crippen LogP contribution in [-0.4, -0.2) is 46.2 Å². The molecule has 134 valence electrons. The van der Waals surface area contributed by atoms with Crippen molar-refractivity contribution in [2.24, 2.45) is 0 Å². The summed E-state index contributed by atoms with van der Waals surface area (Å²) < 4.78 is 0. The van der Waals surface area contributed by atoms with Crippen LogP contribution < -0.4 is 5.73 Å². The van der Waals surface area contributed by atoms with Crippen molar-refractivity contribution >= 4 is 23.7 Å². The summed E-state index contributed by atoms with van der Waals surface area (Å²) in [6.07, 6.45) is 3.64. The summed E-state index contributed by atoms with van der Waals surface area (Å²) >= 11 is 0. The number of anilines is 1. The van der Waals surface area contributed by atoms with E-state index in [9.17, 15) is 9.59 Å². The van der Waals surface area contributed by atoms with Crippen molar-refractivity contribution in [3.8, 4) is 0 Å². The molecule has 2 N–H and O–H groups in total. The Kier molecular flexibility index (Phi) is 4.50. The molecule has 0 bridgehead atoms. The molecule has 3 rings (SSSR count). The number of pyridine rings is 1. The van der Waals surface area contributed by atoms with Crippen LogP contribution in [0.2, 0.25) is 0 Å². The van der Waals surface area contributed by atoms with Crippen LogP contribution in [0.1, 0.15) is 18.1 Å². The first-order valence-corrected chi connectivity index (χ1v) is 8.37. The van der Waals surface area contributed by atoms with Gasteiger partial charge in [-0.25, -0.2) is 4.98 Å². The number of carbonyl (C=O) groups is 2. The van der Waals surface area contributed by atoms with Crippen LogP contribution in [0.15, 0.2) is 54.4 Å². The molecular weight excluding hydrogens is 328 g/mol. The van der Waals surface area contributed by atoms with Crippen LogP contribution in [0.25, 0.3) is 6.08 Å². The molecule has 6 nitrogen and oxygen atoms in total. The van der Waals surface area contributed by atoms with Crippen LogP contribution in [-0.2, 0) is 16.0 Å². The molecule has 1 aromatic heterocycles. The van der Waals surface area contributed by atoms with Gasteiger partial charge in [0.15, 0.2) is 0 Å². The molecule has 1 aliphatic heterocycles. The highest BCUT2D eigenvalue weighted by Gasteiger charge is 2.48. The lowest BCUT2D eigenvalue weighted by Crippen LogP contribution is -2.64. The third-order valence-electron chi connectivity index (χ3n) is 4.95. The van der Waals surface area contributed by atoms with Gasteiger partial charge in [-0.3, -0.25) is 9.59 Å². The average Bonchev–Trinajstić information content (AvgIpc) is 2.65. The van der Waals surface area contributed by atoms with Crippen molar-refractivity contribution < 1.29 is 9.59 Å². The van der Waals surface area contributed by atoms with E-state index in [1.165, 1.54) is 9.80 Å². The van der Waals surface area contributed by atoms with Crippen molar-refractivity contribution in [2.75, 3.05) is 19.8 Å². The van der Waals surface area contributed by atoms with E-state index in [-0.39, 0.29) is 17.5 Å². The van der Waals surface area contributed by atoms with Crippen molar-refractivity contribution in [1.29, 1.82) is 0 Å². The second-order valence-corrected chi connectivity index (χ2v) is 6.67. The van der Waals surface area contributed by atoms with Gasteiger partial charge in [-0.1, -0.05) is 30.3 Å². The van der Waals surface area contributed by atoms with Crippen molar-refractivity contribution in [3.63, 3.8) is 0 Å². The zero-order chi connectivity index (χ0) is 18.9. The molecule has 0 saturated carbocycles. The number of aromatic nitrogens is 1. The Labute approximate surface area is 152 Å². The van der Waals surface area contributed by atoms with E-state index in [2.05, 4.69) is 4.98 Å². The monoisotopic (exact) mass is 350 g/mol. The van der Waals surface area contributed by atoms with Crippen LogP contribution in [0.5, 0.6) is 0 Å². The molecule has 2 heterocycles. The third-order valence-corrected chi connectivity index (χ3v) is 4.95. The predicted octanol–water partition coefficient (Wildman–Crippen LogP) is 1.94. The van der Waals surface area contributed by atoms with Crippen LogP contribution in [0.3, 0.4) is 0 Å². The smallest absolute Gasteiger partial charge is 0.271 e. The fraction of sp³-hybridized carbons (Fsp3) is 0.250. The van der Waals surface area contributed by atoms with Gasteiger partial charge in [-0.2, -0.15) is 0 Å². The normalized spacial score (nSPS) is 22.2. The molecule has 1 saturated heterocycles. The Morgan fingerprint density at radius 1 is 1.12 bits per heavy atom. The second-order valence-electron chi connectivity index (χ2n) is 6.67. The topological polar surface area (TPSA) is 79.5 Å². The maximum absolute atomic E-state index is 13.1. The van der Waals surface area contributed by atoms with E-state index >= 15 is 0 Å². The first kappa shape index (κ1) is 17.7. The largest absolute Gasteiger partial charge is 0.383 e. The Bertz CT molecular complexity index is 878. The highest BCUT2D eigenvalue weighted by atomic mass is 16.2. The van der Waals surface area contributed by atoms with Crippen molar-refractivity contribution in [2.45, 2.75) is 18.9 Å². The summed E-state index contributed by atoms with van der Waals surface area (Å²) in [5.74, 6) is -0.0557. The first-order chi connectivity index (χ1) is 12.3. The average molecular weight is 350 g/mol. The molecule has 0 spiro atoms. The number of likely N-dealkylation sites (N-methyl/N-ethyl adjacent to an activating group) is 2. The summed E-state index contributed by atoms with van der Waals surface area (Å²) in [7, 11) is 3.28. The molecular formula is C20H22N4O2. The summed E-state index contributed by atoms with van der Waals surface area (Å²) in [6.45, 7) is 1.80. The highest BCUT2D eigenvalue weighted by molar-refractivity contribution is 6.09. The first-order valence-electron chi connectivity index (χ1n) is 8.37. The van der Waals surface area contributed by atoms with Crippen LogP contribution in [0, 0.1) is 0 Å². The molecule has 2 aromatic rings. The van der Waals surface area contributed by atoms with Gasteiger partial charge in [0.1, 0.15) is 17.1 Å². The molecule has 1 unspecified atom stereocenters. The molecule has 0 aliphatic carbocycles. The number of nitrogen functional groups attached to an aromatic ring is 1. The summed E-state index contributed by atoms with van der Waals surface area (Å²) in [6, 6.07) is 13.2. The highest BCUT2D eigenvalue weighted by Crippen LogP contribution is 2.31. The number of rotatable bonds is 3. The minimum Gasteiger partial charge on any atom is -0.383 e. The van der Waals surface area contributed by atoms with Gasteiger partial charge in [0.25, 0.3) is 11.8 Å². The number of amides is 2. The molecule has 0 radical (unpaired) electrons. The molecule has 6 heteroatoms. The maximum atomic E-state index is 13.1. The van der Waals surface area contributed by atoms with Crippen LogP contribution in [0.4, 0.5) is 5.82 Å². The van der Waals surface area contributed by atoms with E-state index in [4.69, 9.17) is 5.73 Å². The Morgan fingerprint density at radius 2 is 1.81 bits per heavy atom. The number of piperazine rings is 1. The van der Waals surface area contributed by atoms with Gasteiger partial charge in [-0.05, 0) is 30.7 Å². The standard InChI is InChI=1S/C20H22N4O2/c1-20(13-14-8-5-4-6-9-14)19(26)23(2)16(18(25)24(20)3)12-15-10-7-11-22-17(15)21/h4-12H,13H2,1-3H3,(H2,21,22). The molecule has 2 amide bonds. The summed E-state index contributed by atoms with van der Waals surface area (Å²) in [5.41, 5.74) is 6.80. The minimum absolute atomic E-state index is 0.142. The number of nitrogens with zero attached hydrogens (tertiary/aromatic N) is 3. The van der Waals surface area contributed by atoms with Gasteiger partial charge in [0.05, 0.1) is 0 Å². The van der Waals surface area contributed by atoms with E-state index in [0.717, 1.165) is 5.56 Å². The number of hydrogen-bond acceptors (Lipinski definition) is 4. The Hall–Kier alpha value is -3.15.